The van der Waals surface area contributed by atoms with E-state index < -0.39 is 43.5 Å². The SMILES string of the molecule is N#Cc1ccc(S(=O)(=O)NC(=O)C2(c3ccc(Br)cc3)CCC2)cc1C(F)(F)F. The molecular formula is C19H14BrF3N2O3S. The minimum atomic E-state index is -4.91. The van der Waals surface area contributed by atoms with Crippen molar-refractivity contribution < 1.29 is 26.4 Å². The molecule has 0 atom stereocenters. The summed E-state index contributed by atoms with van der Waals surface area (Å²) in [4.78, 5) is 12.1. The van der Waals surface area contributed by atoms with Crippen LogP contribution in [0.3, 0.4) is 0 Å². The smallest absolute Gasteiger partial charge is 0.273 e. The van der Waals surface area contributed by atoms with Gasteiger partial charge in [-0.2, -0.15) is 18.4 Å². The van der Waals surface area contributed by atoms with Crippen LogP contribution in [-0.4, -0.2) is 14.3 Å². The van der Waals surface area contributed by atoms with Crippen LogP contribution in [0, 0.1) is 11.3 Å². The Labute approximate surface area is 173 Å². The van der Waals surface area contributed by atoms with Gasteiger partial charge in [0, 0.05) is 4.47 Å². The Balaban J connectivity index is 1.94. The standard InChI is InChI=1S/C19H14BrF3N2O3S/c20-14-5-3-13(4-6-14)18(8-1-9-18)17(26)25-29(27,28)15-7-2-12(11-24)16(10-15)19(21,22)23/h2-7,10H,1,8-9H2,(H,25,26). The fourth-order valence-corrected chi connectivity index (χ4v) is 4.59. The Hall–Kier alpha value is -2.38. The maximum absolute atomic E-state index is 13.1. The third kappa shape index (κ3) is 4.02. The third-order valence-electron chi connectivity index (χ3n) is 4.99. The summed E-state index contributed by atoms with van der Waals surface area (Å²) in [5.41, 5.74) is -2.49. The minimum Gasteiger partial charge on any atom is -0.273 e. The summed E-state index contributed by atoms with van der Waals surface area (Å²) in [5.74, 6) is -0.788. The molecule has 1 saturated carbocycles. The molecule has 152 valence electrons. The second kappa shape index (κ2) is 7.46. The molecule has 1 aliphatic rings. The van der Waals surface area contributed by atoms with Gasteiger partial charge in [0.2, 0.25) is 5.91 Å². The first-order valence-electron chi connectivity index (χ1n) is 8.44. The average Bonchev–Trinajstić information content (AvgIpc) is 2.60. The van der Waals surface area contributed by atoms with Crippen LogP contribution in [0.1, 0.15) is 36.0 Å². The van der Waals surface area contributed by atoms with Crippen molar-refractivity contribution in [1.82, 2.24) is 4.72 Å². The van der Waals surface area contributed by atoms with Crippen molar-refractivity contribution in [3.05, 3.63) is 63.6 Å². The van der Waals surface area contributed by atoms with Crippen molar-refractivity contribution >= 4 is 31.9 Å². The minimum absolute atomic E-state index is 0.362. The molecule has 29 heavy (non-hydrogen) atoms. The molecule has 10 heteroatoms. The highest BCUT2D eigenvalue weighted by atomic mass is 79.9. The lowest BCUT2D eigenvalue weighted by Gasteiger charge is -2.40. The fraction of sp³-hybridized carbons (Fsp3) is 0.263. The van der Waals surface area contributed by atoms with E-state index in [0.717, 1.165) is 23.0 Å². The lowest BCUT2D eigenvalue weighted by Crippen LogP contribution is -2.50. The Morgan fingerprint density at radius 1 is 1.14 bits per heavy atom. The first kappa shape index (κ1) is 21.3. The van der Waals surface area contributed by atoms with Gasteiger partial charge in [-0.3, -0.25) is 4.79 Å². The largest absolute Gasteiger partial charge is 0.417 e. The number of hydrogen-bond donors (Lipinski definition) is 1. The third-order valence-corrected chi connectivity index (χ3v) is 6.85. The molecule has 2 aromatic carbocycles. The first-order chi connectivity index (χ1) is 13.5. The van der Waals surface area contributed by atoms with E-state index in [1.54, 1.807) is 24.3 Å². The Morgan fingerprint density at radius 3 is 2.24 bits per heavy atom. The Morgan fingerprint density at radius 2 is 1.76 bits per heavy atom. The molecule has 0 heterocycles. The molecule has 1 amide bonds. The Bertz CT molecular complexity index is 1100. The predicted octanol–water partition coefficient (Wildman–Crippen LogP) is 4.27. The zero-order valence-corrected chi connectivity index (χ0v) is 17.2. The highest BCUT2D eigenvalue weighted by Crippen LogP contribution is 2.44. The molecule has 1 N–H and O–H groups in total. The lowest BCUT2D eigenvalue weighted by atomic mass is 9.64. The van der Waals surface area contributed by atoms with Gasteiger partial charge < -0.3 is 0 Å². The zero-order valence-electron chi connectivity index (χ0n) is 14.8. The number of benzene rings is 2. The van der Waals surface area contributed by atoms with Crippen LogP contribution >= 0.6 is 15.9 Å². The van der Waals surface area contributed by atoms with Crippen LogP contribution < -0.4 is 4.72 Å². The van der Waals surface area contributed by atoms with Crippen molar-refractivity contribution in [1.29, 1.82) is 5.26 Å². The number of nitriles is 1. The molecule has 0 spiro atoms. The first-order valence-corrected chi connectivity index (χ1v) is 10.7. The van der Waals surface area contributed by atoms with Crippen molar-refractivity contribution in [3.63, 3.8) is 0 Å². The average molecular weight is 487 g/mol. The van der Waals surface area contributed by atoms with Crippen LogP contribution in [0.2, 0.25) is 0 Å². The molecule has 1 aliphatic carbocycles. The van der Waals surface area contributed by atoms with Crippen molar-refractivity contribution in [2.45, 2.75) is 35.7 Å². The van der Waals surface area contributed by atoms with Gasteiger partial charge in [0.25, 0.3) is 10.0 Å². The summed E-state index contributed by atoms with van der Waals surface area (Å²) >= 11 is 3.29. The van der Waals surface area contributed by atoms with Crippen LogP contribution in [0.25, 0.3) is 0 Å². The molecule has 0 aromatic heterocycles. The predicted molar refractivity (Wildman–Crippen MR) is 101 cm³/mol. The van der Waals surface area contributed by atoms with Crippen molar-refractivity contribution in [3.8, 4) is 6.07 Å². The fourth-order valence-electron chi connectivity index (χ4n) is 3.25. The molecular weight excluding hydrogens is 473 g/mol. The molecule has 1 fully saturated rings. The molecule has 2 aromatic rings. The van der Waals surface area contributed by atoms with E-state index in [1.807, 2.05) is 4.72 Å². The number of carbonyl (C=O) groups is 1. The number of nitrogens with one attached hydrogen (secondary N) is 1. The maximum Gasteiger partial charge on any atom is 0.417 e. The van der Waals surface area contributed by atoms with Crippen LogP contribution in [-0.2, 0) is 26.4 Å². The lowest BCUT2D eigenvalue weighted by molar-refractivity contribution is -0.138. The van der Waals surface area contributed by atoms with Gasteiger partial charge in [0.1, 0.15) is 0 Å². The molecule has 0 bridgehead atoms. The van der Waals surface area contributed by atoms with Gasteiger partial charge in [-0.1, -0.05) is 34.5 Å². The zero-order chi connectivity index (χ0) is 21.4. The molecule has 3 rings (SSSR count). The number of halogens is 4. The number of sulfonamides is 1. The summed E-state index contributed by atoms with van der Waals surface area (Å²) in [7, 11) is -4.56. The van der Waals surface area contributed by atoms with E-state index in [9.17, 15) is 26.4 Å². The normalized spacial score (nSPS) is 15.8. The second-order valence-electron chi connectivity index (χ2n) is 6.69. The van der Waals surface area contributed by atoms with Gasteiger partial charge >= 0.3 is 6.18 Å². The molecule has 0 unspecified atom stereocenters. The van der Waals surface area contributed by atoms with E-state index in [0.29, 0.717) is 24.5 Å². The van der Waals surface area contributed by atoms with Gasteiger partial charge in [-0.25, -0.2) is 13.1 Å². The van der Waals surface area contributed by atoms with E-state index in [2.05, 4.69) is 15.9 Å². The van der Waals surface area contributed by atoms with Gasteiger partial charge in [-0.05, 0) is 48.7 Å². The number of rotatable bonds is 4. The molecule has 0 saturated heterocycles. The maximum atomic E-state index is 13.1. The summed E-state index contributed by atoms with van der Waals surface area (Å²) in [6.07, 6.45) is -3.33. The van der Waals surface area contributed by atoms with Crippen molar-refractivity contribution in [2.75, 3.05) is 0 Å². The highest BCUT2D eigenvalue weighted by Gasteiger charge is 2.47. The van der Waals surface area contributed by atoms with Crippen molar-refractivity contribution in [2.24, 2.45) is 0 Å². The molecule has 5 nitrogen and oxygen atoms in total. The van der Waals surface area contributed by atoms with E-state index in [1.165, 1.54) is 6.07 Å². The van der Waals surface area contributed by atoms with Crippen LogP contribution in [0.15, 0.2) is 51.8 Å². The summed E-state index contributed by atoms with van der Waals surface area (Å²) in [6, 6.07) is 10.3. The highest BCUT2D eigenvalue weighted by molar-refractivity contribution is 9.10. The van der Waals surface area contributed by atoms with Crippen LogP contribution in [0.4, 0.5) is 13.2 Å². The Kier molecular flexibility index (Phi) is 5.49. The van der Waals surface area contributed by atoms with Gasteiger partial charge in [0.15, 0.2) is 0 Å². The van der Waals surface area contributed by atoms with E-state index in [4.69, 9.17) is 5.26 Å². The molecule has 0 radical (unpaired) electrons. The number of alkyl halides is 3. The van der Waals surface area contributed by atoms with Gasteiger partial charge in [-0.15, -0.1) is 0 Å². The monoisotopic (exact) mass is 486 g/mol. The number of carbonyl (C=O) groups excluding carboxylic acids is 1. The van der Waals surface area contributed by atoms with E-state index >= 15 is 0 Å². The second-order valence-corrected chi connectivity index (χ2v) is 9.29. The van der Waals surface area contributed by atoms with E-state index in [-0.39, 0.29) is 0 Å². The summed E-state index contributed by atoms with van der Waals surface area (Å²) in [5, 5.41) is 8.84. The molecule has 0 aliphatic heterocycles. The summed E-state index contributed by atoms with van der Waals surface area (Å²) in [6.45, 7) is 0. The number of hydrogen-bond acceptors (Lipinski definition) is 4. The number of nitrogens with zero attached hydrogens (tertiary/aromatic N) is 1. The summed E-state index contributed by atoms with van der Waals surface area (Å²) < 4.78 is 67.3. The topological polar surface area (TPSA) is 87.0 Å². The van der Waals surface area contributed by atoms with Gasteiger partial charge in [0.05, 0.1) is 27.5 Å². The number of amides is 1. The quantitative estimate of drug-likeness (QED) is 0.698. The van der Waals surface area contributed by atoms with Crippen LogP contribution in [0.5, 0.6) is 0 Å².